The van der Waals surface area contributed by atoms with Crippen LogP contribution in [0.25, 0.3) is 10.9 Å². The maximum atomic E-state index is 14.2. The van der Waals surface area contributed by atoms with Crippen molar-refractivity contribution in [1.82, 2.24) is 10.3 Å². The Bertz CT molecular complexity index is 1770. The van der Waals surface area contributed by atoms with Crippen molar-refractivity contribution in [1.29, 1.82) is 0 Å². The van der Waals surface area contributed by atoms with Crippen LogP contribution in [-0.4, -0.2) is 41.3 Å². The lowest BCUT2D eigenvalue weighted by Gasteiger charge is -2.29. The molecule has 1 spiro atoms. The number of aromatic amines is 1. The maximum Gasteiger partial charge on any atom is 0.338 e. The van der Waals surface area contributed by atoms with E-state index in [-0.39, 0.29) is 6.61 Å². The number of aromatic nitrogens is 1. The monoisotopic (exact) mass is 568 g/mol. The largest absolute Gasteiger partial charge is 0.462 e. The highest BCUT2D eigenvalue weighted by Gasteiger charge is 2.70. The van der Waals surface area contributed by atoms with E-state index in [1.165, 1.54) is 12.1 Å². The molecular weight excluding hydrogens is 544 g/mol. The highest BCUT2D eigenvalue weighted by molar-refractivity contribution is 6.35. The number of hydrogen-bond acceptors (Lipinski definition) is 6. The van der Waals surface area contributed by atoms with E-state index in [1.54, 1.807) is 37.3 Å². The van der Waals surface area contributed by atoms with Gasteiger partial charge >= 0.3 is 5.97 Å². The van der Waals surface area contributed by atoms with Crippen LogP contribution in [0.2, 0.25) is 5.02 Å². The van der Waals surface area contributed by atoms with Crippen molar-refractivity contribution < 1.29 is 23.9 Å². The third-order valence-electron chi connectivity index (χ3n) is 8.45. The quantitative estimate of drug-likeness (QED) is 0.245. The van der Waals surface area contributed by atoms with Crippen molar-refractivity contribution in [3.05, 3.63) is 94.6 Å². The van der Waals surface area contributed by atoms with Crippen LogP contribution in [0.1, 0.15) is 28.4 Å². The smallest absolute Gasteiger partial charge is 0.338 e. The number of fused-ring (bicyclic) bond motifs is 5. The SMILES string of the molecule is CCOC(=O)c1ccc(N2C(=O)[C@@H]3[C@@H](C2=O)[C@@]2(N[C@@H]3Cc3c[nH]c4ccccc34)C(=O)Nc3c(Cl)cccc32)cc1. The van der Waals surface area contributed by atoms with Gasteiger partial charge in [-0.2, -0.15) is 0 Å². The number of hydrogen-bond donors (Lipinski definition) is 3. The Morgan fingerprint density at radius 2 is 1.78 bits per heavy atom. The number of para-hydroxylation sites is 2. The van der Waals surface area contributed by atoms with Crippen molar-refractivity contribution in [2.75, 3.05) is 16.8 Å². The first-order chi connectivity index (χ1) is 19.8. The fraction of sp³-hybridized carbons (Fsp3) is 0.226. The standard InChI is InChI=1S/C31H25ClN4O5/c1-2-41-29(39)16-10-12-18(13-11-16)36-27(37)24-23(14-17-15-33-22-9-4-3-6-19(17)22)35-31(25(24)28(36)38)20-7-5-8-21(32)26(20)34-30(31)40/h3-13,15,23-25,33,35H,2,14H2,1H3,(H,34,40)/t23-,24+,25+,31-/m1/s1. The van der Waals surface area contributed by atoms with Gasteiger partial charge in [0.25, 0.3) is 0 Å². The van der Waals surface area contributed by atoms with E-state index in [9.17, 15) is 19.2 Å². The Hall–Kier alpha value is -4.47. The number of ether oxygens (including phenoxy) is 1. The number of anilines is 2. The van der Waals surface area contributed by atoms with Gasteiger partial charge in [0.1, 0.15) is 5.54 Å². The molecule has 2 saturated heterocycles. The Morgan fingerprint density at radius 1 is 1.00 bits per heavy atom. The zero-order valence-electron chi connectivity index (χ0n) is 21.9. The molecule has 0 bridgehead atoms. The fourth-order valence-electron chi connectivity index (χ4n) is 6.72. The minimum Gasteiger partial charge on any atom is -0.462 e. The number of benzene rings is 3. The average Bonchev–Trinajstić information content (AvgIpc) is 3.68. The highest BCUT2D eigenvalue weighted by atomic mass is 35.5. The molecule has 4 heterocycles. The van der Waals surface area contributed by atoms with Crippen molar-refractivity contribution >= 4 is 57.6 Å². The molecule has 4 atom stereocenters. The molecule has 2 fully saturated rings. The summed E-state index contributed by atoms with van der Waals surface area (Å²) >= 11 is 6.46. The zero-order valence-corrected chi connectivity index (χ0v) is 22.7. The third-order valence-corrected chi connectivity index (χ3v) is 8.77. The van der Waals surface area contributed by atoms with Gasteiger partial charge in [-0.15, -0.1) is 0 Å². The van der Waals surface area contributed by atoms with Crippen LogP contribution >= 0.6 is 11.6 Å². The van der Waals surface area contributed by atoms with E-state index >= 15 is 0 Å². The molecule has 3 N–H and O–H groups in total. The van der Waals surface area contributed by atoms with Crippen LogP contribution in [0.3, 0.4) is 0 Å². The van der Waals surface area contributed by atoms with Crippen molar-refractivity contribution in [2.45, 2.75) is 24.9 Å². The molecule has 4 aromatic rings. The maximum absolute atomic E-state index is 14.2. The topological polar surface area (TPSA) is 121 Å². The number of nitrogens with one attached hydrogen (secondary N) is 3. The molecule has 0 unspecified atom stereocenters. The first kappa shape index (κ1) is 25.5. The number of imide groups is 1. The summed E-state index contributed by atoms with van der Waals surface area (Å²) in [6.45, 7) is 1.95. The first-order valence-electron chi connectivity index (χ1n) is 13.4. The van der Waals surface area contributed by atoms with Gasteiger partial charge in [-0.1, -0.05) is 41.9 Å². The molecule has 3 amide bonds. The van der Waals surface area contributed by atoms with Gasteiger partial charge in [-0.05, 0) is 55.3 Å². The van der Waals surface area contributed by atoms with E-state index in [1.807, 2.05) is 30.5 Å². The van der Waals surface area contributed by atoms with Gasteiger partial charge in [0.05, 0.1) is 40.4 Å². The van der Waals surface area contributed by atoms with Crippen LogP contribution in [-0.2, 0) is 31.1 Å². The molecule has 206 valence electrons. The molecule has 3 aliphatic heterocycles. The molecule has 3 aromatic carbocycles. The van der Waals surface area contributed by atoms with Gasteiger partial charge in [0, 0.05) is 28.7 Å². The van der Waals surface area contributed by atoms with Gasteiger partial charge in [0.2, 0.25) is 17.7 Å². The molecule has 41 heavy (non-hydrogen) atoms. The van der Waals surface area contributed by atoms with Gasteiger partial charge in [-0.25, -0.2) is 9.69 Å². The number of H-pyrrole nitrogens is 1. The first-order valence-corrected chi connectivity index (χ1v) is 13.8. The normalized spacial score (nSPS) is 24.7. The summed E-state index contributed by atoms with van der Waals surface area (Å²) in [5, 5.41) is 7.69. The van der Waals surface area contributed by atoms with Gasteiger partial charge in [0.15, 0.2) is 0 Å². The predicted octanol–water partition coefficient (Wildman–Crippen LogP) is 4.17. The lowest BCUT2D eigenvalue weighted by molar-refractivity contribution is -0.130. The Balaban J connectivity index is 1.33. The van der Waals surface area contributed by atoms with Crippen molar-refractivity contribution in [2.24, 2.45) is 11.8 Å². The highest BCUT2D eigenvalue weighted by Crippen LogP contribution is 2.55. The molecule has 10 heteroatoms. The summed E-state index contributed by atoms with van der Waals surface area (Å²) in [5.41, 5.74) is 2.07. The van der Waals surface area contributed by atoms with Crippen LogP contribution in [0.15, 0.2) is 72.9 Å². The lowest BCUT2D eigenvalue weighted by Crippen LogP contribution is -2.53. The molecule has 1 aromatic heterocycles. The second-order valence-corrected chi connectivity index (χ2v) is 10.9. The lowest BCUT2D eigenvalue weighted by atomic mass is 9.76. The minimum atomic E-state index is -1.48. The van der Waals surface area contributed by atoms with Gasteiger partial charge in [-0.3, -0.25) is 19.7 Å². The molecule has 0 aliphatic carbocycles. The molecule has 3 aliphatic rings. The number of nitrogens with zero attached hydrogens (tertiary/aromatic N) is 1. The van der Waals surface area contributed by atoms with E-state index in [4.69, 9.17) is 16.3 Å². The van der Waals surface area contributed by atoms with Crippen LogP contribution in [0.5, 0.6) is 0 Å². The Kier molecular flexibility index (Phi) is 5.78. The number of halogens is 1. The fourth-order valence-corrected chi connectivity index (χ4v) is 6.94. The van der Waals surface area contributed by atoms with Crippen molar-refractivity contribution in [3.8, 4) is 0 Å². The summed E-state index contributed by atoms with van der Waals surface area (Å²) in [7, 11) is 0. The van der Waals surface area contributed by atoms with Crippen molar-refractivity contribution in [3.63, 3.8) is 0 Å². The molecule has 9 nitrogen and oxygen atoms in total. The number of carbonyl (C=O) groups excluding carboxylic acids is 4. The summed E-state index contributed by atoms with van der Waals surface area (Å²) < 4.78 is 5.06. The molecule has 0 radical (unpaired) electrons. The Morgan fingerprint density at radius 3 is 2.56 bits per heavy atom. The zero-order chi connectivity index (χ0) is 28.5. The third kappa shape index (κ3) is 3.59. The predicted molar refractivity (Wildman–Crippen MR) is 153 cm³/mol. The Labute approximate surface area is 239 Å². The number of rotatable bonds is 5. The summed E-state index contributed by atoms with van der Waals surface area (Å²) in [5.74, 6) is -3.63. The average molecular weight is 569 g/mol. The van der Waals surface area contributed by atoms with Gasteiger partial charge < -0.3 is 15.0 Å². The van der Waals surface area contributed by atoms with E-state index in [2.05, 4.69) is 15.6 Å². The number of esters is 1. The van der Waals surface area contributed by atoms with Crippen LogP contribution in [0.4, 0.5) is 11.4 Å². The second-order valence-electron chi connectivity index (χ2n) is 10.5. The second kappa shape index (κ2) is 9.29. The summed E-state index contributed by atoms with van der Waals surface area (Å²) in [6, 6.07) is 18.7. The summed E-state index contributed by atoms with van der Waals surface area (Å²) in [4.78, 5) is 58.8. The number of carbonyl (C=O) groups is 4. The summed E-state index contributed by atoms with van der Waals surface area (Å²) in [6.07, 6.45) is 2.31. The van der Waals surface area contributed by atoms with E-state index in [0.717, 1.165) is 21.4 Å². The minimum absolute atomic E-state index is 0.230. The molecule has 0 saturated carbocycles. The number of amides is 3. The molecular formula is C31H25ClN4O5. The van der Waals surface area contributed by atoms with E-state index < -0.39 is 47.1 Å². The van der Waals surface area contributed by atoms with E-state index in [0.29, 0.717) is 33.9 Å². The molecule has 7 rings (SSSR count). The van der Waals surface area contributed by atoms with Crippen LogP contribution in [0, 0.1) is 11.8 Å². The van der Waals surface area contributed by atoms with Crippen LogP contribution < -0.4 is 15.5 Å².